The molecule has 0 aliphatic rings. The Kier molecular flexibility index (Phi) is 3.95. The maximum absolute atomic E-state index is 12.1. The topological polar surface area (TPSA) is 157 Å². The van der Waals surface area contributed by atoms with Crippen molar-refractivity contribution in [2.45, 2.75) is 6.92 Å². The lowest BCUT2D eigenvalue weighted by molar-refractivity contribution is 0.100. The van der Waals surface area contributed by atoms with Crippen LogP contribution in [0.15, 0.2) is 27.4 Å². The van der Waals surface area contributed by atoms with Crippen LogP contribution in [0.3, 0.4) is 0 Å². The Labute approximate surface area is 128 Å². The van der Waals surface area contributed by atoms with Crippen molar-refractivity contribution < 1.29 is 34.4 Å². The van der Waals surface area contributed by atoms with Gasteiger partial charge in [0.1, 0.15) is 22.7 Å². The maximum atomic E-state index is 12.1. The normalized spacial score (nSPS) is 10.3. The van der Waals surface area contributed by atoms with E-state index in [1.54, 1.807) is 0 Å². The minimum atomic E-state index is -1.31. The number of phenols is 2. The summed E-state index contributed by atoms with van der Waals surface area (Å²) in [6, 6.07) is 3.65. The zero-order chi connectivity index (χ0) is 17.3. The number of rotatable bonds is 3. The van der Waals surface area contributed by atoms with Gasteiger partial charge in [-0.3, -0.25) is 9.59 Å². The highest BCUT2D eigenvalue weighted by Crippen LogP contribution is 2.35. The molecular formula is C14H11NO8. The zero-order valence-corrected chi connectivity index (χ0v) is 11.7. The second-order valence-corrected chi connectivity index (χ2v) is 4.47. The highest BCUT2D eigenvalue weighted by molar-refractivity contribution is 6.11. The Morgan fingerprint density at radius 1 is 1.04 bits per heavy atom. The minimum absolute atomic E-state index is 0.396. The van der Waals surface area contributed by atoms with E-state index in [9.17, 15) is 34.8 Å². The van der Waals surface area contributed by atoms with Crippen molar-refractivity contribution in [2.75, 3.05) is 5.32 Å². The van der Waals surface area contributed by atoms with Crippen LogP contribution in [0.5, 0.6) is 23.2 Å². The average molecular weight is 321 g/mol. The van der Waals surface area contributed by atoms with Crippen LogP contribution in [0.1, 0.15) is 27.6 Å². The smallest absolute Gasteiger partial charge is 0.353 e. The van der Waals surface area contributed by atoms with E-state index in [2.05, 4.69) is 4.42 Å². The number of benzene rings is 1. The second-order valence-electron chi connectivity index (χ2n) is 4.47. The molecule has 9 heteroatoms. The molecule has 1 heterocycles. The first-order valence-corrected chi connectivity index (χ1v) is 6.16. The Balaban J connectivity index is 2.54. The van der Waals surface area contributed by atoms with Crippen LogP contribution in [-0.4, -0.2) is 32.1 Å². The van der Waals surface area contributed by atoms with Crippen molar-refractivity contribution in [3.8, 4) is 23.2 Å². The molecule has 0 aliphatic carbocycles. The number of hydrogen-bond acceptors (Lipinski definition) is 8. The molecule has 1 aromatic heterocycles. The van der Waals surface area contributed by atoms with E-state index in [1.165, 1.54) is 18.2 Å². The molecule has 0 saturated heterocycles. The lowest BCUT2D eigenvalue weighted by Gasteiger charge is -2.11. The summed E-state index contributed by atoms with van der Waals surface area (Å²) < 4.78 is 4.33. The molecule has 120 valence electrons. The molecule has 0 spiro atoms. The number of anilines is 1. The van der Waals surface area contributed by atoms with E-state index < -0.39 is 57.3 Å². The predicted molar refractivity (Wildman–Crippen MR) is 76.0 cm³/mol. The van der Waals surface area contributed by atoms with Crippen LogP contribution in [0.2, 0.25) is 0 Å². The molecule has 0 aliphatic heterocycles. The standard InChI is InChI=1S/C14H11NO8/c1-5(16)8-11(19)9(14(22)23-13(8)21)12(20)15-10-6(17)3-2-4-7(10)18/h2-4,17-19,22H,1H3,(H,15,20). The predicted octanol–water partition coefficient (Wildman–Crippen LogP) is 0.917. The largest absolute Gasteiger partial charge is 0.506 e. The molecular weight excluding hydrogens is 310 g/mol. The van der Waals surface area contributed by atoms with Crippen LogP contribution in [0.25, 0.3) is 0 Å². The van der Waals surface area contributed by atoms with Crippen LogP contribution in [-0.2, 0) is 0 Å². The third kappa shape index (κ3) is 2.79. The monoisotopic (exact) mass is 321 g/mol. The van der Waals surface area contributed by atoms with Gasteiger partial charge in [0.05, 0.1) is 0 Å². The second kappa shape index (κ2) is 5.72. The summed E-state index contributed by atoms with van der Waals surface area (Å²) in [5.41, 5.74) is -3.41. The molecule has 2 rings (SSSR count). The molecule has 0 saturated carbocycles. The molecule has 1 amide bonds. The SMILES string of the molecule is CC(=O)c1c(O)c(C(=O)Nc2c(O)cccc2O)c(O)oc1=O. The van der Waals surface area contributed by atoms with E-state index in [4.69, 9.17) is 0 Å². The molecule has 0 atom stereocenters. The first-order valence-electron chi connectivity index (χ1n) is 6.16. The Morgan fingerprint density at radius 2 is 1.61 bits per heavy atom. The van der Waals surface area contributed by atoms with E-state index in [-0.39, 0.29) is 0 Å². The third-order valence-electron chi connectivity index (χ3n) is 2.92. The number of amides is 1. The fraction of sp³-hybridized carbons (Fsp3) is 0.0714. The summed E-state index contributed by atoms with van der Waals surface area (Å²) in [4.78, 5) is 34.9. The number of carbonyl (C=O) groups excluding carboxylic acids is 2. The maximum Gasteiger partial charge on any atom is 0.353 e. The lowest BCUT2D eigenvalue weighted by Crippen LogP contribution is -2.18. The van der Waals surface area contributed by atoms with E-state index in [1.807, 2.05) is 5.32 Å². The highest BCUT2D eigenvalue weighted by Gasteiger charge is 2.27. The first-order chi connectivity index (χ1) is 10.7. The van der Waals surface area contributed by atoms with Crippen LogP contribution < -0.4 is 10.9 Å². The Morgan fingerprint density at radius 3 is 2.13 bits per heavy atom. The fourth-order valence-corrected chi connectivity index (χ4v) is 1.86. The quantitative estimate of drug-likeness (QED) is 0.412. The molecule has 23 heavy (non-hydrogen) atoms. The van der Waals surface area contributed by atoms with Crippen LogP contribution in [0, 0.1) is 0 Å². The van der Waals surface area contributed by atoms with Gasteiger partial charge in [-0.25, -0.2) is 4.79 Å². The van der Waals surface area contributed by atoms with Gasteiger partial charge < -0.3 is 30.2 Å². The number of nitrogens with one attached hydrogen (secondary N) is 1. The molecule has 0 fully saturated rings. The van der Waals surface area contributed by atoms with E-state index in [0.717, 1.165) is 6.92 Å². The Bertz CT molecular complexity index is 848. The minimum Gasteiger partial charge on any atom is -0.506 e. The number of para-hydroxylation sites is 1. The van der Waals surface area contributed by atoms with Gasteiger partial charge in [-0.2, -0.15) is 0 Å². The number of carbonyl (C=O) groups is 2. The van der Waals surface area contributed by atoms with Crippen molar-refractivity contribution >= 4 is 17.4 Å². The molecule has 0 bridgehead atoms. The summed E-state index contributed by atoms with van der Waals surface area (Å²) >= 11 is 0. The van der Waals surface area contributed by atoms with Crippen LogP contribution >= 0.6 is 0 Å². The number of phenolic OH excluding ortho intramolecular Hbond substituents is 2. The van der Waals surface area contributed by atoms with Crippen molar-refractivity contribution in [3.05, 3.63) is 39.7 Å². The lowest BCUT2D eigenvalue weighted by atomic mass is 10.1. The third-order valence-corrected chi connectivity index (χ3v) is 2.92. The van der Waals surface area contributed by atoms with Gasteiger partial charge in [-0.05, 0) is 19.1 Å². The number of Topliss-reactive ketones (excluding diaryl/α,β-unsaturated/α-hetero) is 1. The summed E-state index contributed by atoms with van der Waals surface area (Å²) in [6.07, 6.45) is 0. The van der Waals surface area contributed by atoms with Gasteiger partial charge in [-0.15, -0.1) is 0 Å². The molecule has 1 aromatic carbocycles. The molecule has 5 N–H and O–H groups in total. The fourth-order valence-electron chi connectivity index (χ4n) is 1.86. The van der Waals surface area contributed by atoms with Crippen molar-refractivity contribution in [1.82, 2.24) is 0 Å². The highest BCUT2D eigenvalue weighted by atomic mass is 16.5. The van der Waals surface area contributed by atoms with E-state index >= 15 is 0 Å². The Hall–Kier alpha value is -3.49. The summed E-state index contributed by atoms with van der Waals surface area (Å²) in [7, 11) is 0. The number of aromatic hydroxyl groups is 4. The summed E-state index contributed by atoms with van der Waals surface area (Å²) in [5.74, 6) is -5.36. The first kappa shape index (κ1) is 15.9. The molecule has 0 radical (unpaired) electrons. The average Bonchev–Trinajstić information content (AvgIpc) is 2.41. The van der Waals surface area contributed by atoms with Gasteiger partial charge in [0.15, 0.2) is 17.1 Å². The van der Waals surface area contributed by atoms with Gasteiger partial charge in [-0.1, -0.05) is 6.07 Å². The zero-order valence-electron chi connectivity index (χ0n) is 11.7. The van der Waals surface area contributed by atoms with Gasteiger partial charge in [0.25, 0.3) is 5.91 Å². The van der Waals surface area contributed by atoms with Crippen molar-refractivity contribution in [2.24, 2.45) is 0 Å². The number of hydrogen-bond donors (Lipinski definition) is 5. The molecule has 9 nitrogen and oxygen atoms in total. The van der Waals surface area contributed by atoms with E-state index in [0.29, 0.717) is 0 Å². The van der Waals surface area contributed by atoms with Gasteiger partial charge in [0.2, 0.25) is 0 Å². The summed E-state index contributed by atoms with van der Waals surface area (Å²) in [5, 5.41) is 40.6. The van der Waals surface area contributed by atoms with Crippen molar-refractivity contribution in [3.63, 3.8) is 0 Å². The summed E-state index contributed by atoms with van der Waals surface area (Å²) in [6.45, 7) is 0.958. The molecule has 2 aromatic rings. The number of ketones is 1. The molecule has 0 unspecified atom stereocenters. The van der Waals surface area contributed by atoms with Crippen molar-refractivity contribution in [1.29, 1.82) is 0 Å². The van der Waals surface area contributed by atoms with Gasteiger partial charge >= 0.3 is 11.6 Å². The van der Waals surface area contributed by atoms with Crippen LogP contribution in [0.4, 0.5) is 5.69 Å². The van der Waals surface area contributed by atoms with Gasteiger partial charge in [0, 0.05) is 0 Å².